The number of nitrogens with zero attached hydrogens (tertiary/aromatic N) is 3. The molecular formula is C26H34N4O4. The van der Waals surface area contributed by atoms with Crippen molar-refractivity contribution in [2.75, 3.05) is 72.4 Å². The Hall–Kier alpha value is -2.65. The van der Waals surface area contributed by atoms with E-state index in [1.165, 1.54) is 11.1 Å². The maximum absolute atomic E-state index is 12.6. The van der Waals surface area contributed by atoms with Gasteiger partial charge in [0.25, 0.3) is 5.91 Å². The lowest BCUT2D eigenvalue weighted by Crippen LogP contribution is -2.45. The lowest BCUT2D eigenvalue weighted by molar-refractivity contribution is 0.0383. The number of hydrogen-bond acceptors (Lipinski definition) is 7. The van der Waals surface area contributed by atoms with Crippen LogP contribution in [0.25, 0.3) is 0 Å². The van der Waals surface area contributed by atoms with Gasteiger partial charge in [0, 0.05) is 71.0 Å². The Bertz CT molecular complexity index is 971. The molecule has 0 radical (unpaired) electrons. The summed E-state index contributed by atoms with van der Waals surface area (Å²) in [6.45, 7) is 11.1. The highest BCUT2D eigenvalue weighted by Gasteiger charge is 2.19. The Morgan fingerprint density at radius 2 is 1.50 bits per heavy atom. The summed E-state index contributed by atoms with van der Waals surface area (Å²) < 4.78 is 16.3. The van der Waals surface area contributed by atoms with Crippen molar-refractivity contribution in [3.8, 4) is 11.5 Å². The van der Waals surface area contributed by atoms with Gasteiger partial charge in [-0.3, -0.25) is 19.5 Å². The third kappa shape index (κ3) is 6.07. The van der Waals surface area contributed by atoms with Crippen LogP contribution in [-0.2, 0) is 17.8 Å². The van der Waals surface area contributed by atoms with Crippen LogP contribution in [0.1, 0.15) is 21.5 Å². The number of carbonyl (C=O) groups excluding carboxylic acids is 1. The van der Waals surface area contributed by atoms with Crippen molar-refractivity contribution in [1.82, 2.24) is 20.0 Å². The number of piperazine rings is 1. The maximum Gasteiger partial charge on any atom is 0.251 e. The van der Waals surface area contributed by atoms with Gasteiger partial charge in [0.1, 0.15) is 0 Å². The summed E-state index contributed by atoms with van der Waals surface area (Å²) in [6.07, 6.45) is 0. The van der Waals surface area contributed by atoms with Crippen molar-refractivity contribution in [3.63, 3.8) is 0 Å². The maximum atomic E-state index is 12.6. The van der Waals surface area contributed by atoms with Crippen LogP contribution < -0.4 is 14.8 Å². The Labute approximate surface area is 201 Å². The molecule has 34 heavy (non-hydrogen) atoms. The normalized spacial score (nSPS) is 19.3. The van der Waals surface area contributed by atoms with Crippen LogP contribution >= 0.6 is 0 Å². The average molecular weight is 467 g/mol. The van der Waals surface area contributed by atoms with Gasteiger partial charge in [-0.15, -0.1) is 0 Å². The average Bonchev–Trinajstić information content (AvgIpc) is 3.34. The largest absolute Gasteiger partial charge is 0.454 e. The van der Waals surface area contributed by atoms with Crippen molar-refractivity contribution in [1.29, 1.82) is 0 Å². The van der Waals surface area contributed by atoms with Crippen molar-refractivity contribution in [2.24, 2.45) is 0 Å². The molecule has 0 aromatic heterocycles. The number of rotatable bonds is 8. The van der Waals surface area contributed by atoms with E-state index in [4.69, 9.17) is 14.2 Å². The first-order chi connectivity index (χ1) is 16.7. The second-order valence-corrected chi connectivity index (χ2v) is 9.15. The minimum atomic E-state index is 0.00338. The number of hydrogen-bond donors (Lipinski definition) is 1. The summed E-state index contributed by atoms with van der Waals surface area (Å²) in [4.78, 5) is 19.9. The van der Waals surface area contributed by atoms with E-state index in [0.717, 1.165) is 89.2 Å². The summed E-state index contributed by atoms with van der Waals surface area (Å²) >= 11 is 0. The SMILES string of the molecule is O=C(NCCN1CCOCC1)c1cccc(CN2CCN(Cc3ccc4c(c3)OCO4)CC2)c1. The fourth-order valence-electron chi connectivity index (χ4n) is 4.73. The molecule has 1 N–H and O–H groups in total. The summed E-state index contributed by atoms with van der Waals surface area (Å²) in [6, 6.07) is 14.2. The zero-order valence-electron chi connectivity index (χ0n) is 19.7. The minimum absolute atomic E-state index is 0.00338. The van der Waals surface area contributed by atoms with Crippen LogP contribution in [0.5, 0.6) is 11.5 Å². The zero-order chi connectivity index (χ0) is 23.2. The number of benzene rings is 2. The highest BCUT2D eigenvalue weighted by molar-refractivity contribution is 5.94. The molecule has 182 valence electrons. The molecule has 2 fully saturated rings. The summed E-state index contributed by atoms with van der Waals surface area (Å²) in [5.74, 6) is 1.69. The van der Waals surface area contributed by atoms with Crippen molar-refractivity contribution < 1.29 is 19.0 Å². The van der Waals surface area contributed by atoms with E-state index < -0.39 is 0 Å². The second-order valence-electron chi connectivity index (χ2n) is 9.15. The fraction of sp³-hybridized carbons (Fsp3) is 0.500. The van der Waals surface area contributed by atoms with Crippen LogP contribution in [0.4, 0.5) is 0 Å². The Morgan fingerprint density at radius 3 is 2.26 bits per heavy atom. The number of amides is 1. The van der Waals surface area contributed by atoms with E-state index in [2.05, 4.69) is 38.2 Å². The third-order valence-electron chi connectivity index (χ3n) is 6.72. The van der Waals surface area contributed by atoms with Gasteiger partial charge < -0.3 is 19.5 Å². The van der Waals surface area contributed by atoms with Crippen LogP contribution in [0.15, 0.2) is 42.5 Å². The van der Waals surface area contributed by atoms with E-state index >= 15 is 0 Å². The van der Waals surface area contributed by atoms with Gasteiger partial charge in [-0.1, -0.05) is 18.2 Å². The predicted molar refractivity (Wildman–Crippen MR) is 129 cm³/mol. The number of nitrogens with one attached hydrogen (secondary N) is 1. The number of carbonyl (C=O) groups is 1. The Kier molecular flexibility index (Phi) is 7.60. The molecule has 8 heteroatoms. The molecule has 3 aliphatic heterocycles. The Morgan fingerprint density at radius 1 is 0.794 bits per heavy atom. The van der Waals surface area contributed by atoms with E-state index in [0.29, 0.717) is 13.3 Å². The molecule has 0 bridgehead atoms. The summed E-state index contributed by atoms with van der Waals surface area (Å²) in [5.41, 5.74) is 3.18. The van der Waals surface area contributed by atoms with E-state index in [9.17, 15) is 4.79 Å². The van der Waals surface area contributed by atoms with Crippen molar-refractivity contribution in [2.45, 2.75) is 13.1 Å². The van der Waals surface area contributed by atoms with Gasteiger partial charge in [-0.2, -0.15) is 0 Å². The molecule has 8 nitrogen and oxygen atoms in total. The van der Waals surface area contributed by atoms with E-state index in [-0.39, 0.29) is 5.91 Å². The lowest BCUT2D eigenvalue weighted by atomic mass is 10.1. The van der Waals surface area contributed by atoms with Gasteiger partial charge in [0.2, 0.25) is 6.79 Å². The molecule has 5 rings (SSSR count). The quantitative estimate of drug-likeness (QED) is 0.636. The van der Waals surface area contributed by atoms with Gasteiger partial charge in [-0.25, -0.2) is 0 Å². The van der Waals surface area contributed by atoms with Gasteiger partial charge in [0.05, 0.1) is 13.2 Å². The first-order valence-electron chi connectivity index (χ1n) is 12.2. The monoisotopic (exact) mass is 466 g/mol. The topological polar surface area (TPSA) is 66.5 Å². The molecule has 3 aliphatic rings. The predicted octanol–water partition coefficient (Wildman–Crippen LogP) is 1.80. The smallest absolute Gasteiger partial charge is 0.251 e. The van der Waals surface area contributed by atoms with Crippen LogP contribution in [0, 0.1) is 0 Å². The molecule has 2 aromatic carbocycles. The molecule has 2 saturated heterocycles. The van der Waals surface area contributed by atoms with Gasteiger partial charge in [0.15, 0.2) is 11.5 Å². The molecule has 0 spiro atoms. The zero-order valence-corrected chi connectivity index (χ0v) is 19.7. The molecule has 3 heterocycles. The van der Waals surface area contributed by atoms with Gasteiger partial charge in [-0.05, 0) is 35.4 Å². The highest BCUT2D eigenvalue weighted by Crippen LogP contribution is 2.32. The minimum Gasteiger partial charge on any atom is -0.454 e. The number of ether oxygens (including phenoxy) is 3. The molecule has 2 aromatic rings. The summed E-state index contributed by atoms with van der Waals surface area (Å²) in [5, 5.41) is 3.06. The number of fused-ring (bicyclic) bond motifs is 1. The molecule has 0 aliphatic carbocycles. The van der Waals surface area contributed by atoms with E-state index in [1.807, 2.05) is 24.3 Å². The highest BCUT2D eigenvalue weighted by atomic mass is 16.7. The van der Waals surface area contributed by atoms with Crippen molar-refractivity contribution in [3.05, 3.63) is 59.2 Å². The number of morpholine rings is 1. The standard InChI is InChI=1S/C26H34N4O4/c31-26(27-6-7-28-12-14-32-15-13-28)23-3-1-2-21(16-23)18-29-8-10-30(11-9-29)19-22-4-5-24-25(17-22)34-20-33-24/h1-5,16-17H,6-15,18-20H2,(H,27,31). The third-order valence-corrected chi connectivity index (χ3v) is 6.72. The second kappa shape index (κ2) is 11.2. The lowest BCUT2D eigenvalue weighted by Gasteiger charge is -2.34. The fourth-order valence-corrected chi connectivity index (χ4v) is 4.73. The van der Waals surface area contributed by atoms with Crippen LogP contribution in [-0.4, -0.2) is 93.0 Å². The molecule has 1 amide bonds. The first-order valence-corrected chi connectivity index (χ1v) is 12.2. The van der Waals surface area contributed by atoms with E-state index in [1.54, 1.807) is 0 Å². The summed E-state index contributed by atoms with van der Waals surface area (Å²) in [7, 11) is 0. The van der Waals surface area contributed by atoms with Crippen LogP contribution in [0.2, 0.25) is 0 Å². The molecule has 0 atom stereocenters. The molecule has 0 saturated carbocycles. The Balaban J connectivity index is 1.06. The molecule has 0 unspecified atom stereocenters. The van der Waals surface area contributed by atoms with Crippen LogP contribution in [0.3, 0.4) is 0 Å². The molecular weight excluding hydrogens is 432 g/mol. The first kappa shape index (κ1) is 23.1. The van der Waals surface area contributed by atoms with Gasteiger partial charge >= 0.3 is 0 Å². The van der Waals surface area contributed by atoms with Crippen molar-refractivity contribution >= 4 is 5.91 Å².